The van der Waals surface area contributed by atoms with Crippen LogP contribution in [0.5, 0.6) is 0 Å². The molecule has 150 valence electrons. The molecule has 28 heavy (non-hydrogen) atoms. The van der Waals surface area contributed by atoms with Crippen LogP contribution in [0.1, 0.15) is 48.9 Å². The Hall–Kier alpha value is -1.91. The zero-order chi connectivity index (χ0) is 20.1. The molecule has 2 aromatic rings. The van der Waals surface area contributed by atoms with Gasteiger partial charge in [-0.25, -0.2) is 4.39 Å². The molecular weight excluding hydrogens is 375 g/mol. The molecule has 1 fully saturated rings. The van der Waals surface area contributed by atoms with E-state index in [0.717, 1.165) is 37.9 Å². The quantitative estimate of drug-likeness (QED) is 0.714. The van der Waals surface area contributed by atoms with Crippen LogP contribution < -0.4 is 5.32 Å². The predicted octanol–water partition coefficient (Wildman–Crippen LogP) is 5.27. The zero-order valence-electron chi connectivity index (χ0n) is 16.6. The molecule has 1 amide bonds. The van der Waals surface area contributed by atoms with E-state index in [1.165, 1.54) is 11.6 Å². The van der Waals surface area contributed by atoms with Gasteiger partial charge in [-0.3, -0.25) is 9.69 Å². The van der Waals surface area contributed by atoms with E-state index in [1.807, 2.05) is 0 Å². The van der Waals surface area contributed by atoms with Gasteiger partial charge in [-0.1, -0.05) is 54.4 Å². The van der Waals surface area contributed by atoms with Gasteiger partial charge in [0.25, 0.3) is 0 Å². The molecule has 0 aliphatic carbocycles. The SMILES string of the molecule is CCC(NC(=O)C1CCN(Cc2c(F)cccc2Cl)CC1)c1ccc(C)cc1. The summed E-state index contributed by atoms with van der Waals surface area (Å²) in [6.45, 7) is 6.17. The normalized spacial score (nSPS) is 16.7. The number of rotatable bonds is 6. The fourth-order valence-corrected chi connectivity index (χ4v) is 3.99. The number of benzene rings is 2. The molecule has 1 unspecified atom stereocenters. The highest BCUT2D eigenvalue weighted by Crippen LogP contribution is 2.25. The van der Waals surface area contributed by atoms with Crippen molar-refractivity contribution in [2.24, 2.45) is 5.92 Å². The van der Waals surface area contributed by atoms with E-state index in [9.17, 15) is 9.18 Å². The number of hydrogen-bond donors (Lipinski definition) is 1. The molecule has 1 heterocycles. The first-order chi connectivity index (χ1) is 13.5. The Morgan fingerprint density at radius 1 is 1.21 bits per heavy atom. The van der Waals surface area contributed by atoms with E-state index >= 15 is 0 Å². The van der Waals surface area contributed by atoms with Crippen LogP contribution in [0.4, 0.5) is 4.39 Å². The average Bonchev–Trinajstić information content (AvgIpc) is 2.70. The highest BCUT2D eigenvalue weighted by molar-refractivity contribution is 6.31. The molecule has 0 spiro atoms. The smallest absolute Gasteiger partial charge is 0.223 e. The Kier molecular flexibility index (Phi) is 7.08. The Morgan fingerprint density at radius 3 is 2.50 bits per heavy atom. The van der Waals surface area contributed by atoms with Crippen molar-refractivity contribution in [3.05, 3.63) is 70.0 Å². The van der Waals surface area contributed by atoms with E-state index in [-0.39, 0.29) is 23.7 Å². The van der Waals surface area contributed by atoms with Crippen molar-refractivity contribution in [1.82, 2.24) is 10.2 Å². The van der Waals surface area contributed by atoms with Gasteiger partial charge in [0, 0.05) is 23.0 Å². The van der Waals surface area contributed by atoms with Crippen LogP contribution in [-0.2, 0) is 11.3 Å². The third kappa shape index (κ3) is 5.12. The van der Waals surface area contributed by atoms with Crippen LogP contribution in [0.25, 0.3) is 0 Å². The fourth-order valence-electron chi connectivity index (χ4n) is 3.77. The number of likely N-dealkylation sites (tertiary alicyclic amines) is 1. The molecule has 5 heteroatoms. The number of nitrogens with zero attached hydrogens (tertiary/aromatic N) is 1. The van der Waals surface area contributed by atoms with Crippen LogP contribution in [-0.4, -0.2) is 23.9 Å². The van der Waals surface area contributed by atoms with Crippen LogP contribution in [0.15, 0.2) is 42.5 Å². The van der Waals surface area contributed by atoms with Crippen LogP contribution in [0.2, 0.25) is 5.02 Å². The Morgan fingerprint density at radius 2 is 1.89 bits per heavy atom. The van der Waals surface area contributed by atoms with E-state index in [1.54, 1.807) is 12.1 Å². The van der Waals surface area contributed by atoms with Gasteiger partial charge in [-0.2, -0.15) is 0 Å². The summed E-state index contributed by atoms with van der Waals surface area (Å²) >= 11 is 6.14. The minimum Gasteiger partial charge on any atom is -0.349 e. The molecule has 2 aromatic carbocycles. The molecular formula is C23H28ClFN2O. The highest BCUT2D eigenvalue weighted by Gasteiger charge is 2.27. The lowest BCUT2D eigenvalue weighted by molar-refractivity contribution is -0.127. The van der Waals surface area contributed by atoms with Crippen LogP contribution in [0, 0.1) is 18.7 Å². The van der Waals surface area contributed by atoms with Crippen molar-refractivity contribution in [2.45, 2.75) is 45.7 Å². The van der Waals surface area contributed by atoms with Gasteiger partial charge in [0.15, 0.2) is 0 Å². The third-order valence-electron chi connectivity index (χ3n) is 5.61. The summed E-state index contributed by atoms with van der Waals surface area (Å²) in [5, 5.41) is 3.68. The fraction of sp³-hybridized carbons (Fsp3) is 0.435. The topological polar surface area (TPSA) is 32.3 Å². The first-order valence-electron chi connectivity index (χ1n) is 10.00. The number of carbonyl (C=O) groups is 1. The average molecular weight is 403 g/mol. The lowest BCUT2D eigenvalue weighted by atomic mass is 9.94. The lowest BCUT2D eigenvalue weighted by Crippen LogP contribution is -2.41. The molecule has 0 radical (unpaired) electrons. The van der Waals surface area contributed by atoms with E-state index < -0.39 is 0 Å². The molecule has 0 bridgehead atoms. The third-order valence-corrected chi connectivity index (χ3v) is 5.96. The first kappa shape index (κ1) is 20.8. The first-order valence-corrected chi connectivity index (χ1v) is 10.4. The zero-order valence-corrected chi connectivity index (χ0v) is 17.3. The molecule has 1 aliphatic heterocycles. The molecule has 0 saturated carbocycles. The highest BCUT2D eigenvalue weighted by atomic mass is 35.5. The van der Waals surface area contributed by atoms with Crippen molar-refractivity contribution in [1.29, 1.82) is 0 Å². The summed E-state index contributed by atoms with van der Waals surface area (Å²) in [6, 6.07) is 13.2. The van der Waals surface area contributed by atoms with Gasteiger partial charge in [-0.05, 0) is 57.0 Å². The van der Waals surface area contributed by atoms with Gasteiger partial charge in [0.1, 0.15) is 5.82 Å². The van der Waals surface area contributed by atoms with Crippen molar-refractivity contribution >= 4 is 17.5 Å². The van der Waals surface area contributed by atoms with Crippen LogP contribution >= 0.6 is 11.6 Å². The number of amides is 1. The molecule has 1 saturated heterocycles. The number of nitrogens with one attached hydrogen (secondary N) is 1. The standard InChI is InChI=1S/C23H28ClFN2O/c1-3-22(17-9-7-16(2)8-10-17)26-23(28)18-11-13-27(14-12-18)15-19-20(24)5-4-6-21(19)25/h4-10,18,22H,3,11-15H2,1-2H3,(H,26,28). The van der Waals surface area contributed by atoms with Gasteiger partial charge < -0.3 is 5.32 Å². The predicted molar refractivity (Wildman–Crippen MR) is 112 cm³/mol. The Bertz CT molecular complexity index is 780. The maximum Gasteiger partial charge on any atom is 0.223 e. The maximum absolute atomic E-state index is 14.0. The van der Waals surface area contributed by atoms with E-state index in [0.29, 0.717) is 17.1 Å². The Balaban J connectivity index is 1.54. The second-order valence-electron chi connectivity index (χ2n) is 7.63. The largest absolute Gasteiger partial charge is 0.349 e. The molecule has 1 aliphatic rings. The van der Waals surface area contributed by atoms with Crippen molar-refractivity contribution in [3.63, 3.8) is 0 Å². The second kappa shape index (κ2) is 9.53. The van der Waals surface area contributed by atoms with E-state index in [4.69, 9.17) is 11.6 Å². The number of aryl methyl sites for hydroxylation is 1. The minimum atomic E-state index is -0.267. The summed E-state index contributed by atoms with van der Waals surface area (Å²) in [5.41, 5.74) is 2.90. The second-order valence-corrected chi connectivity index (χ2v) is 8.04. The van der Waals surface area contributed by atoms with Crippen molar-refractivity contribution in [3.8, 4) is 0 Å². The monoisotopic (exact) mass is 402 g/mol. The van der Waals surface area contributed by atoms with Gasteiger partial charge in [0.2, 0.25) is 5.91 Å². The van der Waals surface area contributed by atoms with Crippen molar-refractivity contribution < 1.29 is 9.18 Å². The van der Waals surface area contributed by atoms with Gasteiger partial charge in [-0.15, -0.1) is 0 Å². The number of carbonyl (C=O) groups excluding carboxylic acids is 1. The van der Waals surface area contributed by atoms with Crippen molar-refractivity contribution in [2.75, 3.05) is 13.1 Å². The molecule has 1 N–H and O–H groups in total. The van der Waals surface area contributed by atoms with Crippen LogP contribution in [0.3, 0.4) is 0 Å². The molecule has 1 atom stereocenters. The summed E-state index contributed by atoms with van der Waals surface area (Å²) in [4.78, 5) is 14.9. The number of hydrogen-bond acceptors (Lipinski definition) is 2. The molecule has 3 rings (SSSR count). The molecule has 0 aromatic heterocycles. The van der Waals surface area contributed by atoms with Gasteiger partial charge in [0.05, 0.1) is 6.04 Å². The van der Waals surface area contributed by atoms with Gasteiger partial charge >= 0.3 is 0 Å². The lowest BCUT2D eigenvalue weighted by Gasteiger charge is -2.32. The number of halogens is 2. The Labute approximate surface area is 171 Å². The molecule has 3 nitrogen and oxygen atoms in total. The number of piperidine rings is 1. The summed E-state index contributed by atoms with van der Waals surface area (Å²) in [5.74, 6) is -0.140. The van der Waals surface area contributed by atoms with E-state index in [2.05, 4.69) is 48.3 Å². The maximum atomic E-state index is 14.0. The summed E-state index contributed by atoms with van der Waals surface area (Å²) < 4.78 is 14.0. The summed E-state index contributed by atoms with van der Waals surface area (Å²) in [7, 11) is 0. The minimum absolute atomic E-state index is 0.00633. The summed E-state index contributed by atoms with van der Waals surface area (Å²) in [6.07, 6.45) is 2.42.